The van der Waals surface area contributed by atoms with Gasteiger partial charge in [0.2, 0.25) is 5.88 Å². The Balaban J connectivity index is 1.96. The Labute approximate surface area is 123 Å². The van der Waals surface area contributed by atoms with Crippen LogP contribution in [0.25, 0.3) is 11.0 Å². The van der Waals surface area contributed by atoms with Crippen LogP contribution in [0.2, 0.25) is 0 Å². The van der Waals surface area contributed by atoms with Crippen LogP contribution in [0.5, 0.6) is 5.88 Å². The van der Waals surface area contributed by atoms with E-state index < -0.39 is 5.41 Å². The number of imidazole rings is 1. The van der Waals surface area contributed by atoms with Crippen LogP contribution in [-0.2, 0) is 10.2 Å². The molecule has 0 aliphatic heterocycles. The molecule has 2 aromatic rings. The Morgan fingerprint density at radius 1 is 1.43 bits per heavy atom. The molecule has 110 valence electrons. The molecular formula is C16H19N3O2. The number of H-pyrrole nitrogens is 1. The molecule has 1 N–H and O–H groups in total. The predicted octanol–water partition coefficient (Wildman–Crippen LogP) is 2.61. The molecule has 2 unspecified atom stereocenters. The molecule has 0 amide bonds. The number of hydrogen-bond donors (Lipinski definition) is 1. The molecule has 0 radical (unpaired) electrons. The van der Waals surface area contributed by atoms with E-state index in [0.29, 0.717) is 29.5 Å². The van der Waals surface area contributed by atoms with Crippen LogP contribution in [-0.4, -0.2) is 27.8 Å². The fourth-order valence-electron chi connectivity index (χ4n) is 4.49. The summed E-state index contributed by atoms with van der Waals surface area (Å²) in [4.78, 5) is 25.0. The number of aromatic amines is 1. The molecule has 5 nitrogen and oxygen atoms in total. The van der Waals surface area contributed by atoms with E-state index >= 15 is 0 Å². The number of fused-ring (bicyclic) bond motifs is 3. The summed E-state index contributed by atoms with van der Waals surface area (Å²) in [6.07, 6.45) is 4.36. The van der Waals surface area contributed by atoms with Crippen molar-refractivity contribution in [2.24, 2.45) is 11.3 Å². The van der Waals surface area contributed by atoms with Gasteiger partial charge in [0.05, 0.1) is 18.0 Å². The van der Waals surface area contributed by atoms with Gasteiger partial charge in [0.1, 0.15) is 11.6 Å². The number of carbonyl (C=O) groups is 1. The van der Waals surface area contributed by atoms with E-state index in [2.05, 4.69) is 23.8 Å². The average Bonchev–Trinajstić information content (AvgIpc) is 3.05. The zero-order chi connectivity index (χ0) is 14.8. The summed E-state index contributed by atoms with van der Waals surface area (Å²) in [5, 5.41) is 0. The van der Waals surface area contributed by atoms with Gasteiger partial charge in [-0.05, 0) is 30.2 Å². The third-order valence-corrected chi connectivity index (χ3v) is 5.86. The van der Waals surface area contributed by atoms with Gasteiger partial charge < -0.3 is 9.72 Å². The zero-order valence-corrected chi connectivity index (χ0v) is 12.6. The summed E-state index contributed by atoms with van der Waals surface area (Å²) in [7, 11) is 1.59. The van der Waals surface area contributed by atoms with E-state index in [1.807, 2.05) is 6.07 Å². The van der Waals surface area contributed by atoms with Crippen molar-refractivity contribution < 1.29 is 9.53 Å². The van der Waals surface area contributed by atoms with Crippen molar-refractivity contribution >= 4 is 16.8 Å². The standard InChI is InChI=1S/C16H19N3O2/c1-15(2)9-4-6-16(15,11(20)8-9)14-18-10-5-7-17-13(21-3)12(10)19-14/h5,7,9H,4,6,8H2,1-3H3,(H,18,19). The van der Waals surface area contributed by atoms with Crippen LogP contribution in [0.4, 0.5) is 0 Å². The Kier molecular flexibility index (Phi) is 2.34. The van der Waals surface area contributed by atoms with Crippen molar-refractivity contribution in [2.75, 3.05) is 7.11 Å². The van der Waals surface area contributed by atoms with Crippen LogP contribution in [0, 0.1) is 11.3 Å². The number of ether oxygens (including phenoxy) is 1. The van der Waals surface area contributed by atoms with Crippen LogP contribution in [0.15, 0.2) is 12.3 Å². The number of ketones is 1. The van der Waals surface area contributed by atoms with E-state index in [0.717, 1.165) is 24.2 Å². The number of pyridine rings is 1. The van der Waals surface area contributed by atoms with Crippen LogP contribution in [0.1, 0.15) is 38.9 Å². The van der Waals surface area contributed by atoms with Crippen molar-refractivity contribution in [2.45, 2.75) is 38.5 Å². The maximum absolute atomic E-state index is 12.7. The lowest BCUT2D eigenvalue weighted by molar-refractivity contribution is -0.124. The quantitative estimate of drug-likeness (QED) is 0.921. The molecule has 4 rings (SSSR count). The lowest BCUT2D eigenvalue weighted by Gasteiger charge is -2.34. The van der Waals surface area contributed by atoms with Crippen molar-refractivity contribution in [1.29, 1.82) is 0 Å². The molecule has 5 heteroatoms. The van der Waals surface area contributed by atoms with E-state index in [9.17, 15) is 4.79 Å². The Hall–Kier alpha value is -1.91. The largest absolute Gasteiger partial charge is 0.479 e. The summed E-state index contributed by atoms with van der Waals surface area (Å²) < 4.78 is 5.28. The van der Waals surface area contributed by atoms with Crippen LogP contribution < -0.4 is 4.74 Å². The predicted molar refractivity (Wildman–Crippen MR) is 78.2 cm³/mol. The highest BCUT2D eigenvalue weighted by Gasteiger charge is 2.66. The zero-order valence-electron chi connectivity index (χ0n) is 12.6. The number of nitrogens with one attached hydrogen (secondary N) is 1. The molecule has 0 aromatic carbocycles. The molecule has 0 saturated heterocycles. The first-order valence-electron chi connectivity index (χ1n) is 7.43. The smallest absolute Gasteiger partial charge is 0.241 e. The average molecular weight is 285 g/mol. The maximum atomic E-state index is 12.7. The number of hydrogen-bond acceptors (Lipinski definition) is 4. The minimum Gasteiger partial charge on any atom is -0.479 e. The highest BCUT2D eigenvalue weighted by Crippen LogP contribution is 2.64. The van der Waals surface area contributed by atoms with Crippen molar-refractivity contribution in [3.63, 3.8) is 0 Å². The Morgan fingerprint density at radius 2 is 2.24 bits per heavy atom. The number of rotatable bonds is 2. The second-order valence-electron chi connectivity index (χ2n) is 6.79. The summed E-state index contributed by atoms with van der Waals surface area (Å²) in [6, 6.07) is 1.88. The lowest BCUT2D eigenvalue weighted by atomic mass is 9.68. The monoisotopic (exact) mass is 285 g/mol. The van der Waals surface area contributed by atoms with Gasteiger partial charge in [-0.1, -0.05) is 13.8 Å². The van der Waals surface area contributed by atoms with Crippen LogP contribution in [0.3, 0.4) is 0 Å². The van der Waals surface area contributed by atoms with E-state index in [-0.39, 0.29) is 5.41 Å². The molecule has 2 aromatic heterocycles. The van der Waals surface area contributed by atoms with Crippen molar-refractivity contribution in [1.82, 2.24) is 15.0 Å². The summed E-state index contributed by atoms with van der Waals surface area (Å²) in [5.74, 6) is 2.09. The second-order valence-corrected chi connectivity index (χ2v) is 6.79. The number of carbonyl (C=O) groups excluding carboxylic acids is 1. The SMILES string of the molecule is COc1nccc2[nH]c(C34CCC(CC3=O)C4(C)C)nc12. The molecule has 2 saturated carbocycles. The number of aromatic nitrogens is 3. The first-order valence-corrected chi connectivity index (χ1v) is 7.43. The van der Waals surface area contributed by atoms with Gasteiger partial charge in [0, 0.05) is 12.6 Å². The molecule has 2 aliphatic carbocycles. The number of methoxy groups -OCH3 is 1. The maximum Gasteiger partial charge on any atom is 0.241 e. The molecule has 2 fully saturated rings. The second kappa shape index (κ2) is 3.84. The number of Topliss-reactive ketones (excluding diaryl/α,β-unsaturated/α-hetero) is 1. The molecule has 2 aliphatic rings. The molecule has 0 spiro atoms. The van der Waals surface area contributed by atoms with Gasteiger partial charge >= 0.3 is 0 Å². The van der Waals surface area contributed by atoms with E-state index in [1.54, 1.807) is 13.3 Å². The fraction of sp³-hybridized carbons (Fsp3) is 0.562. The Morgan fingerprint density at radius 3 is 2.86 bits per heavy atom. The van der Waals surface area contributed by atoms with Crippen LogP contribution >= 0.6 is 0 Å². The van der Waals surface area contributed by atoms with Crippen molar-refractivity contribution in [3.8, 4) is 5.88 Å². The highest BCUT2D eigenvalue weighted by molar-refractivity contribution is 5.95. The topological polar surface area (TPSA) is 67.9 Å². The summed E-state index contributed by atoms with van der Waals surface area (Å²) in [5.41, 5.74) is 1.08. The highest BCUT2D eigenvalue weighted by atomic mass is 16.5. The van der Waals surface area contributed by atoms with Crippen molar-refractivity contribution in [3.05, 3.63) is 18.1 Å². The molecule has 21 heavy (non-hydrogen) atoms. The van der Waals surface area contributed by atoms with Gasteiger partial charge in [-0.3, -0.25) is 4.79 Å². The first kappa shape index (κ1) is 12.8. The third-order valence-electron chi connectivity index (χ3n) is 5.86. The van der Waals surface area contributed by atoms with Gasteiger partial charge in [0.15, 0.2) is 5.52 Å². The molecule has 2 atom stereocenters. The summed E-state index contributed by atoms with van der Waals surface area (Å²) >= 11 is 0. The Bertz CT molecular complexity index is 749. The first-order chi connectivity index (χ1) is 10.0. The van der Waals surface area contributed by atoms with E-state index in [1.165, 1.54) is 0 Å². The van der Waals surface area contributed by atoms with Gasteiger partial charge in [-0.15, -0.1) is 0 Å². The lowest BCUT2D eigenvalue weighted by Crippen LogP contribution is -2.41. The van der Waals surface area contributed by atoms with Gasteiger partial charge in [-0.2, -0.15) is 0 Å². The normalized spacial score (nSPS) is 30.2. The van der Waals surface area contributed by atoms with Gasteiger partial charge in [-0.25, -0.2) is 9.97 Å². The summed E-state index contributed by atoms with van der Waals surface area (Å²) in [6.45, 7) is 4.41. The minimum absolute atomic E-state index is 0.0430. The number of nitrogens with zero attached hydrogens (tertiary/aromatic N) is 2. The molecular weight excluding hydrogens is 266 g/mol. The third kappa shape index (κ3) is 1.34. The van der Waals surface area contributed by atoms with E-state index in [4.69, 9.17) is 9.72 Å². The minimum atomic E-state index is -0.471. The van der Waals surface area contributed by atoms with Gasteiger partial charge in [0.25, 0.3) is 0 Å². The fourth-order valence-corrected chi connectivity index (χ4v) is 4.49. The molecule has 2 heterocycles. The molecule has 2 bridgehead atoms.